The number of pyridine rings is 2. The summed E-state index contributed by atoms with van der Waals surface area (Å²) in [6.45, 7) is 19.3. The highest BCUT2D eigenvalue weighted by Gasteiger charge is 2.24. The summed E-state index contributed by atoms with van der Waals surface area (Å²) in [5.41, 5.74) is 6.77. The Labute approximate surface area is 596 Å². The Morgan fingerprint density at radius 1 is 0.703 bits per heavy atom. The lowest BCUT2D eigenvalue weighted by atomic mass is 9.97. The number of aromatic nitrogens is 2. The molecule has 28 heteroatoms. The molecule has 3 amide bonds. The fourth-order valence-corrected chi connectivity index (χ4v) is 11.8. The number of H-pyrrole nitrogens is 1. The van der Waals surface area contributed by atoms with Crippen molar-refractivity contribution in [3.63, 3.8) is 0 Å². The third kappa shape index (κ3) is 25.9. The molecule has 0 aliphatic carbocycles. The molecule has 101 heavy (non-hydrogen) atoms. The van der Waals surface area contributed by atoms with Crippen molar-refractivity contribution in [2.45, 2.75) is 77.8 Å². The predicted octanol–water partition coefficient (Wildman–Crippen LogP) is 8.22. The Kier molecular flexibility index (Phi) is 33.4. The van der Waals surface area contributed by atoms with E-state index < -0.39 is 17.3 Å². The Bertz CT molecular complexity index is 3650. The molecule has 1 aliphatic rings. The van der Waals surface area contributed by atoms with Gasteiger partial charge in [-0.25, -0.2) is 4.98 Å². The minimum atomic E-state index is -1.70. The number of ether oxygens (including phenoxy) is 9. The number of anilines is 5. The van der Waals surface area contributed by atoms with E-state index in [-0.39, 0.29) is 42.9 Å². The number of carbonyl (C=O) groups is 3. The van der Waals surface area contributed by atoms with Crippen molar-refractivity contribution in [2.75, 3.05) is 186 Å². The summed E-state index contributed by atoms with van der Waals surface area (Å²) in [6, 6.07) is 23.7. The number of aromatic amines is 1. The van der Waals surface area contributed by atoms with Crippen molar-refractivity contribution >= 4 is 63.9 Å². The van der Waals surface area contributed by atoms with Gasteiger partial charge in [0.2, 0.25) is 11.8 Å². The average molecular weight is 1420 g/mol. The maximum Gasteiger partial charge on any atom is 0.253 e. The number of hydrogen-bond donors (Lipinski definition) is 9. The number of methoxy groups -OCH3 is 2. The van der Waals surface area contributed by atoms with Crippen LogP contribution in [-0.4, -0.2) is 215 Å². The molecule has 9 N–H and O–H groups in total. The van der Waals surface area contributed by atoms with Gasteiger partial charge in [0.1, 0.15) is 40.1 Å². The van der Waals surface area contributed by atoms with Crippen LogP contribution in [0.5, 0.6) is 34.5 Å². The Hall–Kier alpha value is -8.87. The van der Waals surface area contributed by atoms with E-state index in [1.54, 1.807) is 56.8 Å². The lowest BCUT2D eigenvalue weighted by Gasteiger charge is -2.35. The molecule has 27 nitrogen and oxygen atoms in total. The van der Waals surface area contributed by atoms with Crippen molar-refractivity contribution in [3.05, 3.63) is 123 Å². The van der Waals surface area contributed by atoms with Crippen LogP contribution in [0.15, 0.2) is 94.7 Å². The third-order valence-electron chi connectivity index (χ3n) is 16.2. The van der Waals surface area contributed by atoms with Gasteiger partial charge in [-0.15, -0.1) is 0 Å². The molecular formula is C73H103N13O14S. The number of likely N-dealkylation sites (N-methyl/N-ethyl adjacent to an activating group) is 1. The summed E-state index contributed by atoms with van der Waals surface area (Å²) in [7, 11) is 8.59. The average Bonchev–Trinajstić information content (AvgIpc) is 0.805. The van der Waals surface area contributed by atoms with Crippen LogP contribution in [0.1, 0.15) is 79.2 Å². The van der Waals surface area contributed by atoms with E-state index in [0.29, 0.717) is 153 Å². The highest BCUT2D eigenvalue weighted by molar-refractivity contribution is 7.92. The molecular weight excluding hydrogens is 1310 g/mol. The molecule has 550 valence electrons. The number of hydrogen-bond acceptors (Lipinski definition) is 23. The standard InChI is InChI=1S/C73H103N13O14S/c1-11-27-98-55-40-56(42-57(41-55)100-67-45-64(76-7)63(75-6)44-65(67)83-101(91)58-15-16-66(92-9)68(43-58)93-10)99-28-13-12-21-84(8)49-71(88)78-20-30-95-32-34-97-36-35-96-33-31-94-29-18-70(87)77-19-22-85-23-25-86(26-24-85)69-17-14-53(47-79-69)54-38-59(60(46-74)62(39-54)81-50(2)3)72(89)80-48-61-51(4)37-52(5)82-73(61)90/h14-17,37-47,50,74-76,81,83H,11-13,18-36,48-49H2,1-10H3,(H,77,87)(H,78,88)(H,80,89)(H,82,90). The van der Waals surface area contributed by atoms with E-state index in [4.69, 9.17) is 53.0 Å². The molecule has 1 saturated heterocycles. The lowest BCUT2D eigenvalue weighted by Crippen LogP contribution is -2.48. The first kappa shape index (κ1) is 79.5. The lowest BCUT2D eigenvalue weighted by molar-refractivity contribution is -0.123. The van der Waals surface area contributed by atoms with E-state index in [0.717, 1.165) is 91.6 Å². The Balaban J connectivity index is 0.684. The first-order valence-electron chi connectivity index (χ1n) is 34.3. The van der Waals surface area contributed by atoms with Crippen molar-refractivity contribution in [2.24, 2.45) is 0 Å². The van der Waals surface area contributed by atoms with Gasteiger partial charge in [0.05, 0.1) is 104 Å². The van der Waals surface area contributed by atoms with E-state index in [2.05, 4.69) is 51.4 Å². The van der Waals surface area contributed by atoms with Crippen molar-refractivity contribution in [3.8, 4) is 45.6 Å². The van der Waals surface area contributed by atoms with Crippen molar-refractivity contribution in [1.82, 2.24) is 35.7 Å². The SMILES string of the molecule is CCCOc1cc(OCCCCN(C)CC(=O)NCCOCCOCCOCCOCCC(=O)NCCN2CCN(c3ccc(-c4cc(NC(C)C)c(C=N)c(C(=O)NCc5c(C)cc(C)[nH]c5=O)c4)cn3)CC2)cc(Oc2cc(NC)c(NC)cc2N[S+]([O-])c2ccc(OC)c(OC)c2)c1. The molecule has 0 saturated carbocycles. The maximum atomic E-state index is 13.7. The first-order valence-corrected chi connectivity index (χ1v) is 35.5. The molecule has 0 bridgehead atoms. The molecule has 0 spiro atoms. The largest absolute Gasteiger partial charge is 0.588 e. The van der Waals surface area contributed by atoms with E-state index >= 15 is 0 Å². The summed E-state index contributed by atoms with van der Waals surface area (Å²) in [5, 5.41) is 26.8. The monoisotopic (exact) mass is 1420 g/mol. The van der Waals surface area contributed by atoms with E-state index in [1.807, 2.05) is 96.1 Å². The van der Waals surface area contributed by atoms with Gasteiger partial charge in [0.25, 0.3) is 11.5 Å². The number of benzene rings is 4. The minimum Gasteiger partial charge on any atom is -0.588 e. The first-order chi connectivity index (χ1) is 48.9. The summed E-state index contributed by atoms with van der Waals surface area (Å²) in [4.78, 5) is 66.2. The van der Waals surface area contributed by atoms with Crippen LogP contribution in [-0.2, 0) is 46.4 Å². The van der Waals surface area contributed by atoms with Crippen LogP contribution in [0.2, 0.25) is 0 Å². The van der Waals surface area contributed by atoms with Crippen LogP contribution in [0.3, 0.4) is 0 Å². The number of unbranched alkanes of at least 4 members (excludes halogenated alkanes) is 1. The number of nitrogens with one attached hydrogen (secondary N) is 9. The van der Waals surface area contributed by atoms with E-state index in [1.165, 1.54) is 13.3 Å². The van der Waals surface area contributed by atoms with Crippen LogP contribution < -0.4 is 70.8 Å². The fraction of sp³-hybridized carbons (Fsp3) is 0.479. The van der Waals surface area contributed by atoms with Gasteiger partial charge < -0.3 is 94.4 Å². The van der Waals surface area contributed by atoms with Gasteiger partial charge in [-0.1, -0.05) is 6.92 Å². The van der Waals surface area contributed by atoms with Crippen LogP contribution in [0, 0.1) is 19.3 Å². The predicted molar refractivity (Wildman–Crippen MR) is 396 cm³/mol. The number of nitrogens with zero attached hydrogens (tertiary/aromatic N) is 4. The second kappa shape index (κ2) is 42.4. The normalized spacial score (nSPS) is 12.6. The molecule has 0 radical (unpaired) electrons. The molecule has 1 aliphatic heterocycles. The topological polar surface area (TPSA) is 321 Å². The zero-order chi connectivity index (χ0) is 72.5. The Morgan fingerprint density at radius 2 is 1.37 bits per heavy atom. The van der Waals surface area contributed by atoms with Gasteiger partial charge in [-0.2, -0.15) is 4.72 Å². The second-order valence-corrected chi connectivity index (χ2v) is 25.6. The number of amides is 3. The quantitative estimate of drug-likeness (QED) is 0.00987. The third-order valence-corrected chi connectivity index (χ3v) is 17.3. The van der Waals surface area contributed by atoms with Gasteiger partial charge in [0.15, 0.2) is 22.1 Å². The van der Waals surface area contributed by atoms with Gasteiger partial charge in [-0.05, 0) is 120 Å². The van der Waals surface area contributed by atoms with Crippen LogP contribution >= 0.6 is 0 Å². The fourth-order valence-electron chi connectivity index (χ4n) is 11.0. The van der Waals surface area contributed by atoms with Crippen molar-refractivity contribution < 1.29 is 61.6 Å². The highest BCUT2D eigenvalue weighted by atomic mass is 32.2. The van der Waals surface area contributed by atoms with Gasteiger partial charge in [-0.3, -0.25) is 29.0 Å². The highest BCUT2D eigenvalue weighted by Crippen LogP contribution is 2.41. The number of carbonyl (C=O) groups excluding carboxylic acids is 3. The summed E-state index contributed by atoms with van der Waals surface area (Å²) in [6.07, 6.45) is 5.58. The van der Waals surface area contributed by atoms with Gasteiger partial charge in [0, 0.05) is 150 Å². The number of rotatable bonds is 46. The molecule has 1 unspecified atom stereocenters. The zero-order valence-electron chi connectivity index (χ0n) is 60.1. The number of aryl methyl sites for hydroxylation is 2. The van der Waals surface area contributed by atoms with Gasteiger partial charge >= 0.3 is 0 Å². The summed E-state index contributed by atoms with van der Waals surface area (Å²) in [5.74, 6) is 3.28. The summed E-state index contributed by atoms with van der Waals surface area (Å²) < 4.78 is 68.8. The molecule has 3 heterocycles. The zero-order valence-corrected chi connectivity index (χ0v) is 60.9. The maximum absolute atomic E-state index is 13.7. The second-order valence-electron chi connectivity index (χ2n) is 24.4. The number of piperazine rings is 1. The smallest absolute Gasteiger partial charge is 0.253 e. The molecule has 1 atom stereocenters. The molecule has 1 fully saturated rings. The van der Waals surface area contributed by atoms with Crippen LogP contribution in [0.25, 0.3) is 11.1 Å². The summed E-state index contributed by atoms with van der Waals surface area (Å²) >= 11 is -1.70. The molecule has 2 aromatic heterocycles. The van der Waals surface area contributed by atoms with Crippen LogP contribution in [0.4, 0.5) is 28.6 Å². The van der Waals surface area contributed by atoms with E-state index in [9.17, 15) is 23.7 Å². The molecule has 6 aromatic rings. The minimum absolute atomic E-state index is 0.0408. The van der Waals surface area contributed by atoms with Crippen molar-refractivity contribution in [1.29, 1.82) is 5.41 Å². The Morgan fingerprint density at radius 3 is 2.01 bits per heavy atom. The molecule has 4 aromatic carbocycles. The molecule has 7 rings (SSSR count).